The Morgan fingerprint density at radius 1 is 1.07 bits per heavy atom. The van der Waals surface area contributed by atoms with E-state index in [1.54, 1.807) is 36.4 Å². The first-order valence-electron chi connectivity index (χ1n) is 8.53. The molecule has 0 bridgehead atoms. The van der Waals surface area contributed by atoms with Gasteiger partial charge in [0, 0.05) is 5.56 Å². The molecule has 1 heterocycles. The van der Waals surface area contributed by atoms with Crippen LogP contribution in [0.1, 0.15) is 12.5 Å². The summed E-state index contributed by atoms with van der Waals surface area (Å²) in [5.41, 5.74) is 1.27. The number of aryl methyl sites for hydroxylation is 1. The highest BCUT2D eigenvalue weighted by atomic mass is 16.5. The van der Waals surface area contributed by atoms with Crippen LogP contribution in [0.25, 0.3) is 22.3 Å². The Morgan fingerprint density at radius 2 is 1.79 bits per heavy atom. The van der Waals surface area contributed by atoms with Gasteiger partial charge in [-0.2, -0.15) is 0 Å². The second kappa shape index (κ2) is 7.64. The first-order valence-corrected chi connectivity index (χ1v) is 8.53. The van der Waals surface area contributed by atoms with E-state index in [-0.39, 0.29) is 16.9 Å². The normalized spacial score (nSPS) is 11.9. The maximum atomic E-state index is 13.0. The van der Waals surface area contributed by atoms with Crippen LogP contribution in [0.4, 0.5) is 0 Å². The molecule has 0 fully saturated rings. The van der Waals surface area contributed by atoms with Crippen molar-refractivity contribution in [2.45, 2.75) is 20.0 Å². The zero-order valence-corrected chi connectivity index (χ0v) is 15.9. The Labute approximate surface area is 161 Å². The third-order valence-corrected chi connectivity index (χ3v) is 4.28. The standard InChI is InChI=1S/C21H20O7/c1-11-5-7-14-16(9-11)28-19(20(18(14)22)27-12(2)21(23)24)13-6-8-15(25-3)17(10-13)26-4/h5-10,12H,1-4H3,(H,23,24)/p-1. The van der Waals surface area contributed by atoms with Crippen LogP contribution in [0.15, 0.2) is 45.6 Å². The molecule has 3 rings (SSSR count). The van der Waals surface area contributed by atoms with Crippen molar-refractivity contribution in [3.63, 3.8) is 0 Å². The molecule has 0 aliphatic rings. The van der Waals surface area contributed by atoms with Crippen molar-refractivity contribution in [3.8, 4) is 28.6 Å². The third kappa shape index (κ3) is 3.51. The summed E-state index contributed by atoms with van der Waals surface area (Å²) in [6, 6.07) is 10.0. The summed E-state index contributed by atoms with van der Waals surface area (Å²) in [5, 5.41) is 11.4. The lowest BCUT2D eigenvalue weighted by Crippen LogP contribution is -2.38. The summed E-state index contributed by atoms with van der Waals surface area (Å²) in [4.78, 5) is 24.2. The van der Waals surface area contributed by atoms with Crippen LogP contribution < -0.4 is 24.7 Å². The van der Waals surface area contributed by atoms with Gasteiger partial charge >= 0.3 is 0 Å². The number of fused-ring (bicyclic) bond motifs is 1. The minimum Gasteiger partial charge on any atom is -0.546 e. The second-order valence-electron chi connectivity index (χ2n) is 6.24. The number of ether oxygens (including phenoxy) is 3. The van der Waals surface area contributed by atoms with Gasteiger partial charge in [-0.3, -0.25) is 4.79 Å². The lowest BCUT2D eigenvalue weighted by atomic mass is 10.1. The minimum atomic E-state index is -1.44. The fourth-order valence-corrected chi connectivity index (χ4v) is 2.78. The highest BCUT2D eigenvalue weighted by Gasteiger charge is 2.21. The molecule has 0 amide bonds. The summed E-state index contributed by atoms with van der Waals surface area (Å²) < 4.78 is 21.9. The predicted octanol–water partition coefficient (Wildman–Crippen LogP) is 2.30. The SMILES string of the molecule is COc1ccc(-c2oc3cc(C)ccc3c(=O)c2OC(C)C(=O)[O-])cc1OC. The molecule has 3 aromatic rings. The fourth-order valence-electron chi connectivity index (χ4n) is 2.78. The van der Waals surface area contributed by atoms with Gasteiger partial charge in [-0.05, 0) is 49.7 Å². The summed E-state index contributed by atoms with van der Waals surface area (Å²) in [7, 11) is 2.99. The Balaban J connectivity index is 2.30. The monoisotopic (exact) mass is 383 g/mol. The van der Waals surface area contributed by atoms with Crippen molar-refractivity contribution in [2.75, 3.05) is 14.2 Å². The number of hydrogen-bond acceptors (Lipinski definition) is 7. The van der Waals surface area contributed by atoms with Gasteiger partial charge in [0.25, 0.3) is 0 Å². The number of carbonyl (C=O) groups is 1. The number of benzene rings is 2. The van der Waals surface area contributed by atoms with Crippen molar-refractivity contribution >= 4 is 16.9 Å². The highest BCUT2D eigenvalue weighted by Crippen LogP contribution is 2.37. The van der Waals surface area contributed by atoms with E-state index in [1.807, 2.05) is 6.92 Å². The van der Waals surface area contributed by atoms with E-state index in [0.29, 0.717) is 22.6 Å². The first-order chi connectivity index (χ1) is 13.3. The van der Waals surface area contributed by atoms with Gasteiger partial charge in [0.15, 0.2) is 17.3 Å². The third-order valence-electron chi connectivity index (χ3n) is 4.28. The quantitative estimate of drug-likeness (QED) is 0.644. The molecule has 0 saturated carbocycles. The summed E-state index contributed by atoms with van der Waals surface area (Å²) in [6.07, 6.45) is -1.34. The zero-order valence-electron chi connectivity index (χ0n) is 15.9. The molecule has 1 unspecified atom stereocenters. The van der Waals surface area contributed by atoms with Crippen molar-refractivity contribution in [1.82, 2.24) is 0 Å². The molecule has 28 heavy (non-hydrogen) atoms. The molecule has 1 aromatic heterocycles. The minimum absolute atomic E-state index is 0.0946. The van der Waals surface area contributed by atoms with Gasteiger partial charge < -0.3 is 28.5 Å². The first kappa shape index (κ1) is 19.3. The van der Waals surface area contributed by atoms with E-state index < -0.39 is 17.5 Å². The van der Waals surface area contributed by atoms with E-state index in [0.717, 1.165) is 5.56 Å². The summed E-state index contributed by atoms with van der Waals surface area (Å²) in [6.45, 7) is 3.16. The topological polar surface area (TPSA) is 98.0 Å². The number of rotatable bonds is 6. The van der Waals surface area contributed by atoms with Gasteiger partial charge in [0.05, 0.1) is 25.6 Å². The van der Waals surface area contributed by atoms with Crippen LogP contribution in [0.2, 0.25) is 0 Å². The lowest BCUT2D eigenvalue weighted by Gasteiger charge is -2.18. The van der Waals surface area contributed by atoms with Crippen molar-refractivity contribution in [3.05, 3.63) is 52.2 Å². The highest BCUT2D eigenvalue weighted by molar-refractivity contribution is 5.83. The molecule has 0 aliphatic heterocycles. The maximum Gasteiger partial charge on any atom is 0.235 e. The molecule has 2 aromatic carbocycles. The fraction of sp³-hybridized carbons (Fsp3) is 0.238. The number of methoxy groups -OCH3 is 2. The maximum absolute atomic E-state index is 13.0. The molecule has 1 atom stereocenters. The largest absolute Gasteiger partial charge is 0.546 e. The molecule has 0 spiro atoms. The number of aliphatic carboxylic acids is 1. The molecular formula is C21H19O7-. The zero-order chi connectivity index (χ0) is 20.4. The van der Waals surface area contributed by atoms with E-state index in [2.05, 4.69) is 0 Å². The molecule has 0 N–H and O–H groups in total. The van der Waals surface area contributed by atoms with Gasteiger partial charge in [-0.15, -0.1) is 0 Å². The predicted molar refractivity (Wildman–Crippen MR) is 101 cm³/mol. The van der Waals surface area contributed by atoms with Gasteiger partial charge in [-0.1, -0.05) is 6.07 Å². The van der Waals surface area contributed by atoms with Crippen LogP contribution >= 0.6 is 0 Å². The molecular weight excluding hydrogens is 364 g/mol. The van der Waals surface area contributed by atoms with E-state index in [9.17, 15) is 14.7 Å². The van der Waals surface area contributed by atoms with E-state index >= 15 is 0 Å². The molecule has 0 aliphatic carbocycles. The van der Waals surface area contributed by atoms with Crippen LogP contribution in [0.5, 0.6) is 17.2 Å². The Bertz CT molecular complexity index is 1100. The number of hydrogen-bond donors (Lipinski definition) is 0. The molecule has 7 heteroatoms. The summed E-state index contributed by atoms with van der Waals surface area (Å²) in [5.74, 6) is -0.638. The van der Waals surface area contributed by atoms with Gasteiger partial charge in [-0.25, -0.2) is 0 Å². The number of carboxylic acids is 1. The average molecular weight is 383 g/mol. The lowest BCUT2D eigenvalue weighted by molar-refractivity contribution is -0.312. The summed E-state index contributed by atoms with van der Waals surface area (Å²) >= 11 is 0. The van der Waals surface area contributed by atoms with Crippen molar-refractivity contribution < 1.29 is 28.5 Å². The van der Waals surface area contributed by atoms with Crippen molar-refractivity contribution in [1.29, 1.82) is 0 Å². The van der Waals surface area contributed by atoms with Crippen LogP contribution in [-0.2, 0) is 4.79 Å². The smallest absolute Gasteiger partial charge is 0.235 e. The molecule has 146 valence electrons. The van der Waals surface area contributed by atoms with Crippen LogP contribution in [0.3, 0.4) is 0 Å². The Morgan fingerprint density at radius 3 is 2.43 bits per heavy atom. The van der Waals surface area contributed by atoms with Crippen LogP contribution in [0, 0.1) is 6.92 Å². The van der Waals surface area contributed by atoms with Crippen molar-refractivity contribution in [2.24, 2.45) is 0 Å². The average Bonchev–Trinajstić information content (AvgIpc) is 2.68. The van der Waals surface area contributed by atoms with Gasteiger partial charge in [0.1, 0.15) is 11.7 Å². The van der Waals surface area contributed by atoms with E-state index in [4.69, 9.17) is 18.6 Å². The van der Waals surface area contributed by atoms with Gasteiger partial charge in [0.2, 0.25) is 11.2 Å². The molecule has 0 saturated heterocycles. The number of carbonyl (C=O) groups excluding carboxylic acids is 1. The second-order valence-corrected chi connectivity index (χ2v) is 6.24. The van der Waals surface area contributed by atoms with E-state index in [1.165, 1.54) is 21.1 Å². The Hall–Kier alpha value is -3.48. The Kier molecular flexibility index (Phi) is 5.26. The number of carboxylic acid groups (broad SMARTS) is 1. The molecule has 7 nitrogen and oxygen atoms in total. The van der Waals surface area contributed by atoms with Crippen LogP contribution in [-0.4, -0.2) is 26.3 Å². The molecule has 0 radical (unpaired) electrons.